The minimum absolute atomic E-state index is 0.0294. The van der Waals surface area contributed by atoms with E-state index >= 15 is 0 Å². The summed E-state index contributed by atoms with van der Waals surface area (Å²) in [5, 5.41) is 8.83. The van der Waals surface area contributed by atoms with Gasteiger partial charge in [-0.1, -0.05) is 22.0 Å². The van der Waals surface area contributed by atoms with Crippen LogP contribution in [-0.4, -0.2) is 50.3 Å². The van der Waals surface area contributed by atoms with Gasteiger partial charge in [-0.3, -0.25) is 4.90 Å². The van der Waals surface area contributed by atoms with Gasteiger partial charge in [-0.05, 0) is 25.1 Å². The van der Waals surface area contributed by atoms with Gasteiger partial charge in [0.2, 0.25) is 10.0 Å². The number of rotatable bonds is 4. The topological polar surface area (TPSA) is 64.4 Å². The first-order chi connectivity index (χ1) is 9.93. The number of hydrogen-bond acceptors (Lipinski definition) is 4. The summed E-state index contributed by atoms with van der Waals surface area (Å²) < 4.78 is 27.4. The van der Waals surface area contributed by atoms with Crippen molar-refractivity contribution in [1.82, 2.24) is 9.21 Å². The van der Waals surface area contributed by atoms with Crippen LogP contribution in [0.2, 0.25) is 0 Å². The molecule has 1 fully saturated rings. The Hall–Kier alpha value is -0.940. The summed E-state index contributed by atoms with van der Waals surface area (Å²) in [7, 11) is -3.43. The van der Waals surface area contributed by atoms with Gasteiger partial charge in [0.25, 0.3) is 0 Å². The zero-order valence-corrected chi connectivity index (χ0v) is 14.3. The molecule has 2 rings (SSSR count). The first-order valence-electron chi connectivity index (χ1n) is 6.81. The summed E-state index contributed by atoms with van der Waals surface area (Å²) in [5.41, 5.74) is 0. The van der Waals surface area contributed by atoms with E-state index in [0.717, 1.165) is 4.47 Å². The molecule has 1 atom stereocenters. The van der Waals surface area contributed by atoms with Gasteiger partial charge in [0.05, 0.1) is 16.9 Å². The maximum atomic E-state index is 12.6. The molecule has 1 aliphatic heterocycles. The molecule has 1 saturated heterocycles. The molecule has 0 aliphatic carbocycles. The molecule has 7 heteroatoms. The number of halogens is 1. The van der Waals surface area contributed by atoms with Gasteiger partial charge in [-0.15, -0.1) is 0 Å². The Labute approximate surface area is 134 Å². The van der Waals surface area contributed by atoms with E-state index in [-0.39, 0.29) is 5.92 Å². The summed E-state index contributed by atoms with van der Waals surface area (Å²) in [4.78, 5) is 2.46. The van der Waals surface area contributed by atoms with E-state index in [1.807, 2.05) is 6.92 Å². The maximum Gasteiger partial charge on any atom is 0.243 e. The van der Waals surface area contributed by atoms with Crippen LogP contribution in [0.25, 0.3) is 0 Å². The van der Waals surface area contributed by atoms with Crippen LogP contribution in [0.3, 0.4) is 0 Å². The van der Waals surface area contributed by atoms with Gasteiger partial charge < -0.3 is 0 Å². The third-order valence-electron chi connectivity index (χ3n) is 3.52. The van der Waals surface area contributed by atoms with E-state index in [0.29, 0.717) is 37.6 Å². The molecule has 5 nitrogen and oxygen atoms in total. The van der Waals surface area contributed by atoms with Crippen LogP contribution >= 0.6 is 15.9 Å². The van der Waals surface area contributed by atoms with Gasteiger partial charge in [0.1, 0.15) is 0 Å². The monoisotopic (exact) mass is 371 g/mol. The Bertz CT molecular complexity index is 634. The predicted octanol–water partition coefficient (Wildman–Crippen LogP) is 1.92. The number of hydrogen-bond donors (Lipinski definition) is 0. The van der Waals surface area contributed by atoms with Crippen LogP contribution in [0.4, 0.5) is 0 Å². The van der Waals surface area contributed by atoms with E-state index in [1.165, 1.54) is 4.31 Å². The second-order valence-corrected chi connectivity index (χ2v) is 8.05. The molecule has 1 aliphatic rings. The highest BCUT2D eigenvalue weighted by atomic mass is 79.9. The summed E-state index contributed by atoms with van der Waals surface area (Å²) in [6, 6.07) is 8.98. The van der Waals surface area contributed by atoms with Gasteiger partial charge in [-0.25, -0.2) is 8.42 Å². The lowest BCUT2D eigenvalue weighted by molar-refractivity contribution is 0.178. The zero-order valence-electron chi connectivity index (χ0n) is 11.9. The van der Waals surface area contributed by atoms with Crippen molar-refractivity contribution < 1.29 is 8.42 Å². The predicted molar refractivity (Wildman–Crippen MR) is 84.1 cm³/mol. The first kappa shape index (κ1) is 16.4. The van der Waals surface area contributed by atoms with E-state index in [2.05, 4.69) is 26.9 Å². The second kappa shape index (κ2) is 6.88. The molecule has 0 amide bonds. The van der Waals surface area contributed by atoms with Crippen LogP contribution in [-0.2, 0) is 10.0 Å². The van der Waals surface area contributed by atoms with Gasteiger partial charge in [0.15, 0.2) is 0 Å². The van der Waals surface area contributed by atoms with E-state index < -0.39 is 10.0 Å². The second-order valence-electron chi connectivity index (χ2n) is 5.19. The van der Waals surface area contributed by atoms with Crippen LogP contribution < -0.4 is 0 Å². The number of benzene rings is 1. The van der Waals surface area contributed by atoms with Crippen molar-refractivity contribution in [2.24, 2.45) is 5.92 Å². The molecule has 21 heavy (non-hydrogen) atoms. The number of nitriles is 1. The molecular formula is C14H18BrN3O2S. The van der Waals surface area contributed by atoms with Crippen LogP contribution in [0.1, 0.15) is 6.92 Å². The highest BCUT2D eigenvalue weighted by Crippen LogP contribution is 2.21. The van der Waals surface area contributed by atoms with Gasteiger partial charge in [-0.2, -0.15) is 9.57 Å². The lowest BCUT2D eigenvalue weighted by Gasteiger charge is -2.34. The fraction of sp³-hybridized carbons (Fsp3) is 0.500. The van der Waals surface area contributed by atoms with Gasteiger partial charge in [0, 0.05) is 37.2 Å². The first-order valence-corrected chi connectivity index (χ1v) is 9.04. The number of piperazine rings is 1. The quantitative estimate of drug-likeness (QED) is 0.810. The molecule has 0 radical (unpaired) electrons. The molecule has 1 aromatic carbocycles. The highest BCUT2D eigenvalue weighted by molar-refractivity contribution is 9.10. The van der Waals surface area contributed by atoms with Crippen LogP contribution in [0.15, 0.2) is 33.6 Å². The Morgan fingerprint density at radius 1 is 1.33 bits per heavy atom. The van der Waals surface area contributed by atoms with Crippen molar-refractivity contribution in [3.8, 4) is 6.07 Å². The van der Waals surface area contributed by atoms with Crippen molar-refractivity contribution in [3.05, 3.63) is 28.7 Å². The average Bonchev–Trinajstić information content (AvgIpc) is 2.47. The number of nitrogens with zero attached hydrogens (tertiary/aromatic N) is 3. The lowest BCUT2D eigenvalue weighted by atomic mass is 10.2. The Morgan fingerprint density at radius 2 is 2.00 bits per heavy atom. The minimum Gasteiger partial charge on any atom is -0.299 e. The molecule has 0 bridgehead atoms. The van der Waals surface area contributed by atoms with Crippen molar-refractivity contribution in [2.75, 3.05) is 32.7 Å². The van der Waals surface area contributed by atoms with E-state index in [9.17, 15) is 8.42 Å². The molecular weight excluding hydrogens is 354 g/mol. The molecule has 114 valence electrons. The van der Waals surface area contributed by atoms with Gasteiger partial charge >= 0.3 is 0 Å². The molecule has 0 N–H and O–H groups in total. The van der Waals surface area contributed by atoms with E-state index in [1.54, 1.807) is 24.3 Å². The molecule has 1 aromatic rings. The lowest BCUT2D eigenvalue weighted by Crippen LogP contribution is -2.49. The molecule has 0 spiro atoms. The Morgan fingerprint density at radius 3 is 2.57 bits per heavy atom. The molecule has 0 aromatic heterocycles. The standard InChI is InChI=1S/C14H18BrN3O2S/c1-12(10-16)11-17-5-7-18(8-6-17)21(19,20)14-4-2-3-13(15)9-14/h2-4,9,12H,5-8,11H2,1H3/t12-/m0/s1. The molecule has 0 unspecified atom stereocenters. The third kappa shape index (κ3) is 4.04. The highest BCUT2D eigenvalue weighted by Gasteiger charge is 2.28. The summed E-state index contributed by atoms with van der Waals surface area (Å²) in [6.07, 6.45) is 0. The third-order valence-corrected chi connectivity index (χ3v) is 5.91. The fourth-order valence-electron chi connectivity index (χ4n) is 2.36. The molecule has 0 saturated carbocycles. The molecule has 1 heterocycles. The summed E-state index contributed by atoms with van der Waals surface area (Å²) >= 11 is 3.30. The normalized spacial score (nSPS) is 19.1. The van der Waals surface area contributed by atoms with Crippen LogP contribution in [0.5, 0.6) is 0 Å². The Balaban J connectivity index is 2.03. The van der Waals surface area contributed by atoms with Crippen molar-refractivity contribution >= 4 is 26.0 Å². The summed E-state index contributed by atoms with van der Waals surface area (Å²) in [5.74, 6) is -0.0294. The smallest absolute Gasteiger partial charge is 0.243 e. The van der Waals surface area contributed by atoms with Crippen LogP contribution in [0, 0.1) is 17.2 Å². The van der Waals surface area contributed by atoms with Crippen molar-refractivity contribution in [3.63, 3.8) is 0 Å². The SMILES string of the molecule is C[C@@H](C#N)CN1CCN(S(=O)(=O)c2cccc(Br)c2)CC1. The van der Waals surface area contributed by atoms with E-state index in [4.69, 9.17) is 5.26 Å². The number of sulfonamides is 1. The zero-order chi connectivity index (χ0) is 15.5. The average molecular weight is 372 g/mol. The van der Waals surface area contributed by atoms with Crippen molar-refractivity contribution in [1.29, 1.82) is 5.26 Å². The largest absolute Gasteiger partial charge is 0.299 e. The minimum atomic E-state index is -3.43. The summed E-state index contributed by atoms with van der Waals surface area (Å²) in [6.45, 7) is 4.84. The Kier molecular flexibility index (Phi) is 5.38. The van der Waals surface area contributed by atoms with Crippen molar-refractivity contribution in [2.45, 2.75) is 11.8 Å². The maximum absolute atomic E-state index is 12.6. The fourth-order valence-corrected chi connectivity index (χ4v) is 4.38.